The molecule has 1 N–H and O–H groups in total. The van der Waals surface area contributed by atoms with Gasteiger partial charge in [0, 0.05) is 18.2 Å². The van der Waals surface area contributed by atoms with Crippen LogP contribution in [0.2, 0.25) is 0 Å². The maximum atomic E-state index is 13.1. The molecule has 1 heterocycles. The van der Waals surface area contributed by atoms with E-state index in [0.717, 1.165) is 22.9 Å². The van der Waals surface area contributed by atoms with E-state index < -0.39 is 11.9 Å². The Morgan fingerprint density at radius 3 is 2.50 bits per heavy atom. The van der Waals surface area contributed by atoms with Crippen molar-refractivity contribution < 1.29 is 9.50 Å². The van der Waals surface area contributed by atoms with Gasteiger partial charge in [0.05, 0.1) is 12.3 Å². The lowest BCUT2D eigenvalue weighted by molar-refractivity contribution is 0.177. The fourth-order valence-corrected chi connectivity index (χ4v) is 2.09. The number of halogens is 1. The second-order valence-electron chi connectivity index (χ2n) is 4.53. The summed E-state index contributed by atoms with van der Waals surface area (Å²) in [5, 5.41) is 10.1. The largest absolute Gasteiger partial charge is 0.388 e. The maximum Gasteiger partial charge on any atom is 0.141 e. The van der Waals surface area contributed by atoms with Crippen LogP contribution in [-0.2, 0) is 6.42 Å². The monoisotopic (exact) mass is 245 g/mol. The van der Waals surface area contributed by atoms with Gasteiger partial charge >= 0.3 is 0 Å². The summed E-state index contributed by atoms with van der Waals surface area (Å²) >= 11 is 0. The summed E-state index contributed by atoms with van der Waals surface area (Å²) in [7, 11) is 0. The molecule has 0 spiro atoms. The van der Waals surface area contributed by atoms with Gasteiger partial charge in [0.15, 0.2) is 0 Å². The van der Waals surface area contributed by atoms with E-state index in [4.69, 9.17) is 0 Å². The van der Waals surface area contributed by atoms with E-state index in [1.165, 1.54) is 12.3 Å². The molecule has 2 nitrogen and oxygen atoms in total. The first-order valence-corrected chi connectivity index (χ1v) is 5.91. The van der Waals surface area contributed by atoms with Gasteiger partial charge in [0.2, 0.25) is 0 Å². The van der Waals surface area contributed by atoms with Gasteiger partial charge in [-0.3, -0.25) is 4.98 Å². The summed E-state index contributed by atoms with van der Waals surface area (Å²) in [6.07, 6.45) is 2.38. The Labute approximate surface area is 106 Å². The third kappa shape index (κ3) is 2.74. The minimum atomic E-state index is -0.729. The van der Waals surface area contributed by atoms with Crippen LogP contribution in [-0.4, -0.2) is 10.1 Å². The average Bonchev–Trinajstić information content (AvgIpc) is 2.34. The van der Waals surface area contributed by atoms with Crippen LogP contribution in [0.4, 0.5) is 4.39 Å². The fraction of sp³-hybridized carbons (Fsp3) is 0.267. The van der Waals surface area contributed by atoms with Gasteiger partial charge in [-0.1, -0.05) is 18.2 Å². The number of aromatic nitrogens is 1. The lowest BCUT2D eigenvalue weighted by Crippen LogP contribution is -2.05. The molecule has 0 saturated heterocycles. The summed E-state index contributed by atoms with van der Waals surface area (Å²) in [6, 6.07) is 7.34. The Morgan fingerprint density at radius 2 is 1.89 bits per heavy atom. The van der Waals surface area contributed by atoms with Crippen molar-refractivity contribution in [3.05, 3.63) is 64.7 Å². The van der Waals surface area contributed by atoms with Gasteiger partial charge in [-0.2, -0.15) is 0 Å². The quantitative estimate of drug-likeness (QED) is 0.901. The first-order chi connectivity index (χ1) is 8.58. The Kier molecular flexibility index (Phi) is 3.72. The van der Waals surface area contributed by atoms with Crippen molar-refractivity contribution in [3.8, 4) is 0 Å². The average molecular weight is 245 g/mol. The molecule has 0 amide bonds. The number of hydrogen-bond donors (Lipinski definition) is 1. The molecule has 2 rings (SSSR count). The number of aryl methyl sites for hydroxylation is 2. The second kappa shape index (κ2) is 5.27. The van der Waals surface area contributed by atoms with Crippen molar-refractivity contribution in [3.63, 3.8) is 0 Å². The number of hydrogen-bond acceptors (Lipinski definition) is 2. The van der Waals surface area contributed by atoms with Crippen LogP contribution in [0, 0.1) is 19.7 Å². The molecule has 3 heteroatoms. The van der Waals surface area contributed by atoms with Crippen LogP contribution >= 0.6 is 0 Å². The number of nitrogens with zero attached hydrogens (tertiary/aromatic N) is 1. The SMILES string of the molecule is Cc1cccc(C)c1CC(O)c1cncc(F)c1. The minimum Gasteiger partial charge on any atom is -0.388 e. The number of pyridine rings is 1. The predicted molar refractivity (Wildman–Crippen MR) is 68.8 cm³/mol. The zero-order valence-electron chi connectivity index (χ0n) is 10.5. The van der Waals surface area contributed by atoms with E-state index in [1.807, 2.05) is 32.0 Å². The molecule has 0 bridgehead atoms. The van der Waals surface area contributed by atoms with Crippen molar-refractivity contribution in [1.29, 1.82) is 0 Å². The smallest absolute Gasteiger partial charge is 0.141 e. The second-order valence-corrected chi connectivity index (χ2v) is 4.53. The Bertz CT molecular complexity index is 534. The third-order valence-electron chi connectivity index (χ3n) is 3.15. The number of rotatable bonds is 3. The van der Waals surface area contributed by atoms with Crippen molar-refractivity contribution in [1.82, 2.24) is 4.98 Å². The van der Waals surface area contributed by atoms with Crippen molar-refractivity contribution in [2.24, 2.45) is 0 Å². The van der Waals surface area contributed by atoms with Crippen LogP contribution in [0.25, 0.3) is 0 Å². The number of aliphatic hydroxyl groups is 1. The molecular formula is C15H16FNO. The maximum absolute atomic E-state index is 13.1. The van der Waals surface area contributed by atoms with E-state index in [1.54, 1.807) is 0 Å². The van der Waals surface area contributed by atoms with Gasteiger partial charge in [0.25, 0.3) is 0 Å². The summed E-state index contributed by atoms with van der Waals surface area (Å²) < 4.78 is 13.1. The van der Waals surface area contributed by atoms with E-state index in [-0.39, 0.29) is 0 Å². The number of aliphatic hydroxyl groups excluding tert-OH is 1. The van der Waals surface area contributed by atoms with Gasteiger partial charge in [0.1, 0.15) is 5.82 Å². The molecule has 2 aromatic rings. The summed E-state index contributed by atoms with van der Waals surface area (Å²) in [4.78, 5) is 3.76. The van der Waals surface area contributed by atoms with Crippen LogP contribution < -0.4 is 0 Å². The molecular weight excluding hydrogens is 229 g/mol. The molecule has 1 atom stereocenters. The molecule has 1 aromatic carbocycles. The van der Waals surface area contributed by atoms with Crippen molar-refractivity contribution in [2.75, 3.05) is 0 Å². The molecule has 0 aliphatic carbocycles. The zero-order valence-corrected chi connectivity index (χ0v) is 10.5. The molecule has 94 valence electrons. The lowest BCUT2D eigenvalue weighted by atomic mass is 9.95. The molecule has 1 unspecified atom stereocenters. The van der Waals surface area contributed by atoms with E-state index in [9.17, 15) is 9.50 Å². The highest BCUT2D eigenvalue weighted by molar-refractivity contribution is 5.34. The fourth-order valence-electron chi connectivity index (χ4n) is 2.09. The molecule has 0 saturated carbocycles. The van der Waals surface area contributed by atoms with Crippen LogP contribution in [0.15, 0.2) is 36.7 Å². The van der Waals surface area contributed by atoms with Crippen LogP contribution in [0.3, 0.4) is 0 Å². The van der Waals surface area contributed by atoms with Gasteiger partial charge in [-0.15, -0.1) is 0 Å². The van der Waals surface area contributed by atoms with Crippen LogP contribution in [0.5, 0.6) is 0 Å². The Hall–Kier alpha value is -1.74. The van der Waals surface area contributed by atoms with Gasteiger partial charge in [-0.25, -0.2) is 4.39 Å². The van der Waals surface area contributed by atoms with E-state index in [2.05, 4.69) is 4.98 Å². The number of benzene rings is 1. The zero-order chi connectivity index (χ0) is 13.1. The molecule has 0 aliphatic rings. The van der Waals surface area contributed by atoms with E-state index in [0.29, 0.717) is 12.0 Å². The molecule has 18 heavy (non-hydrogen) atoms. The highest BCUT2D eigenvalue weighted by atomic mass is 19.1. The van der Waals surface area contributed by atoms with E-state index >= 15 is 0 Å². The van der Waals surface area contributed by atoms with Crippen molar-refractivity contribution >= 4 is 0 Å². The van der Waals surface area contributed by atoms with Crippen LogP contribution in [0.1, 0.15) is 28.4 Å². The first-order valence-electron chi connectivity index (χ1n) is 5.91. The molecule has 1 aromatic heterocycles. The minimum absolute atomic E-state index is 0.423. The van der Waals surface area contributed by atoms with Crippen molar-refractivity contribution in [2.45, 2.75) is 26.4 Å². The molecule has 0 fully saturated rings. The summed E-state index contributed by atoms with van der Waals surface area (Å²) in [5.74, 6) is -0.423. The molecule has 0 radical (unpaired) electrons. The highest BCUT2D eigenvalue weighted by Crippen LogP contribution is 2.22. The Morgan fingerprint density at radius 1 is 1.22 bits per heavy atom. The first kappa shape index (κ1) is 12.7. The van der Waals surface area contributed by atoms with Gasteiger partial charge < -0.3 is 5.11 Å². The molecule has 0 aliphatic heterocycles. The lowest BCUT2D eigenvalue weighted by Gasteiger charge is -2.14. The normalized spacial score (nSPS) is 12.4. The Balaban J connectivity index is 2.24. The topological polar surface area (TPSA) is 33.1 Å². The predicted octanol–water partition coefficient (Wildman–Crippen LogP) is 3.11. The summed E-state index contributed by atoms with van der Waals surface area (Å²) in [5.41, 5.74) is 3.89. The standard InChI is InChI=1S/C15H16FNO/c1-10-4-3-5-11(2)14(10)7-15(18)12-6-13(16)9-17-8-12/h3-6,8-9,15,18H,7H2,1-2H3. The highest BCUT2D eigenvalue weighted by Gasteiger charge is 2.12. The third-order valence-corrected chi connectivity index (χ3v) is 3.15. The van der Waals surface area contributed by atoms with Gasteiger partial charge in [-0.05, 0) is 36.6 Å². The summed E-state index contributed by atoms with van der Waals surface area (Å²) in [6.45, 7) is 4.03.